The predicted molar refractivity (Wildman–Crippen MR) is 87.0 cm³/mol. The van der Waals surface area contributed by atoms with Gasteiger partial charge in [-0.15, -0.1) is 0 Å². The molecule has 2 aromatic carbocycles. The van der Waals surface area contributed by atoms with Crippen molar-refractivity contribution >= 4 is 35.0 Å². The molecule has 24 heavy (non-hydrogen) atoms. The molecule has 0 aliphatic heterocycles. The fourth-order valence-corrected chi connectivity index (χ4v) is 2.62. The summed E-state index contributed by atoms with van der Waals surface area (Å²) in [6, 6.07) is 6.08. The van der Waals surface area contributed by atoms with Gasteiger partial charge in [0.25, 0.3) is 5.91 Å². The van der Waals surface area contributed by atoms with Gasteiger partial charge in [-0.3, -0.25) is 9.59 Å². The lowest BCUT2D eigenvalue weighted by Crippen LogP contribution is -2.46. The molecule has 0 radical (unpaired) electrons. The van der Waals surface area contributed by atoms with Crippen LogP contribution in [-0.2, 0) is 11.2 Å². The molecular formula is C16H12Cl2F2N2O2. The van der Waals surface area contributed by atoms with Gasteiger partial charge in [-0.1, -0.05) is 29.3 Å². The number of carbonyl (C=O) groups excluding carboxylic acids is 2. The number of primary amides is 1. The van der Waals surface area contributed by atoms with Crippen LogP contribution in [0.3, 0.4) is 0 Å². The molecule has 0 spiro atoms. The number of halogens is 4. The summed E-state index contributed by atoms with van der Waals surface area (Å²) in [6.07, 6.45) is -0.0671. The van der Waals surface area contributed by atoms with Crippen LogP contribution in [0, 0.1) is 11.6 Å². The Labute approximate surface area is 146 Å². The Bertz CT molecular complexity index is 779. The van der Waals surface area contributed by atoms with Crippen molar-refractivity contribution in [2.75, 3.05) is 0 Å². The number of hydrogen-bond donors (Lipinski definition) is 2. The summed E-state index contributed by atoms with van der Waals surface area (Å²) in [6.45, 7) is 0. The van der Waals surface area contributed by atoms with E-state index in [9.17, 15) is 18.4 Å². The fourth-order valence-electron chi connectivity index (χ4n) is 2.06. The average molecular weight is 373 g/mol. The van der Waals surface area contributed by atoms with E-state index in [0.29, 0.717) is 21.7 Å². The van der Waals surface area contributed by atoms with Crippen LogP contribution in [0.5, 0.6) is 0 Å². The first kappa shape index (κ1) is 18.2. The van der Waals surface area contributed by atoms with Crippen LogP contribution in [0.25, 0.3) is 0 Å². The molecule has 2 rings (SSSR count). The van der Waals surface area contributed by atoms with Crippen molar-refractivity contribution in [1.82, 2.24) is 5.32 Å². The number of nitrogens with one attached hydrogen (secondary N) is 1. The van der Waals surface area contributed by atoms with Crippen molar-refractivity contribution in [3.8, 4) is 0 Å². The first-order chi connectivity index (χ1) is 11.3. The molecule has 0 aromatic heterocycles. The molecule has 0 fully saturated rings. The van der Waals surface area contributed by atoms with Crippen LogP contribution in [0.1, 0.15) is 15.9 Å². The van der Waals surface area contributed by atoms with Gasteiger partial charge in [0.1, 0.15) is 17.7 Å². The second kappa shape index (κ2) is 7.59. The van der Waals surface area contributed by atoms with Crippen molar-refractivity contribution in [1.29, 1.82) is 0 Å². The van der Waals surface area contributed by atoms with E-state index in [1.165, 1.54) is 0 Å². The summed E-state index contributed by atoms with van der Waals surface area (Å²) in [5.74, 6) is -3.62. The summed E-state index contributed by atoms with van der Waals surface area (Å²) in [5.41, 5.74) is 5.29. The minimum Gasteiger partial charge on any atom is -0.368 e. The second-order valence-corrected chi connectivity index (χ2v) is 5.77. The van der Waals surface area contributed by atoms with E-state index in [4.69, 9.17) is 28.9 Å². The molecule has 4 nitrogen and oxygen atoms in total. The van der Waals surface area contributed by atoms with E-state index in [1.807, 2.05) is 0 Å². The quantitative estimate of drug-likeness (QED) is 0.846. The van der Waals surface area contributed by atoms with Crippen molar-refractivity contribution in [2.45, 2.75) is 12.5 Å². The zero-order valence-electron chi connectivity index (χ0n) is 12.2. The lowest BCUT2D eigenvalue weighted by Gasteiger charge is -2.17. The molecule has 126 valence electrons. The highest BCUT2D eigenvalue weighted by atomic mass is 35.5. The molecule has 0 saturated heterocycles. The van der Waals surface area contributed by atoms with Crippen LogP contribution in [0.4, 0.5) is 8.78 Å². The van der Waals surface area contributed by atoms with Gasteiger partial charge in [-0.2, -0.15) is 0 Å². The van der Waals surface area contributed by atoms with E-state index < -0.39 is 35.1 Å². The molecule has 0 aliphatic rings. The molecular weight excluding hydrogens is 361 g/mol. The zero-order chi connectivity index (χ0) is 17.9. The maximum atomic E-state index is 13.6. The van der Waals surface area contributed by atoms with Gasteiger partial charge in [-0.25, -0.2) is 8.78 Å². The highest BCUT2D eigenvalue weighted by Crippen LogP contribution is 2.25. The third-order valence-electron chi connectivity index (χ3n) is 3.29. The molecule has 2 amide bonds. The predicted octanol–water partition coefficient (Wildman–Crippen LogP) is 3.10. The SMILES string of the molecule is NC(=O)[C@@H](Cc1c(Cl)cccc1Cl)NC(=O)c1ccc(F)cc1F. The molecule has 0 saturated carbocycles. The molecule has 2 aromatic rings. The topological polar surface area (TPSA) is 72.2 Å². The van der Waals surface area contributed by atoms with E-state index >= 15 is 0 Å². The van der Waals surface area contributed by atoms with Crippen molar-refractivity contribution in [2.24, 2.45) is 5.73 Å². The van der Waals surface area contributed by atoms with E-state index in [0.717, 1.165) is 12.1 Å². The molecule has 0 heterocycles. The van der Waals surface area contributed by atoms with Gasteiger partial charge < -0.3 is 11.1 Å². The third kappa shape index (κ3) is 4.21. The molecule has 0 bridgehead atoms. The minimum absolute atomic E-state index is 0.0671. The van der Waals surface area contributed by atoms with Crippen molar-refractivity contribution < 1.29 is 18.4 Å². The van der Waals surface area contributed by atoms with E-state index in [2.05, 4.69) is 5.32 Å². The van der Waals surface area contributed by atoms with Crippen LogP contribution in [0.15, 0.2) is 36.4 Å². The van der Waals surface area contributed by atoms with Crippen LogP contribution in [0.2, 0.25) is 10.0 Å². The van der Waals surface area contributed by atoms with Gasteiger partial charge in [0, 0.05) is 22.5 Å². The first-order valence-electron chi connectivity index (χ1n) is 6.77. The Kier molecular flexibility index (Phi) is 5.75. The highest BCUT2D eigenvalue weighted by Gasteiger charge is 2.23. The van der Waals surface area contributed by atoms with E-state index in [1.54, 1.807) is 18.2 Å². The van der Waals surface area contributed by atoms with Gasteiger partial charge >= 0.3 is 0 Å². The Hall–Kier alpha value is -2.18. The van der Waals surface area contributed by atoms with Gasteiger partial charge in [0.2, 0.25) is 5.91 Å². The summed E-state index contributed by atoms with van der Waals surface area (Å²) in [5, 5.41) is 2.91. The molecule has 3 N–H and O–H groups in total. The summed E-state index contributed by atoms with van der Waals surface area (Å²) in [7, 11) is 0. The third-order valence-corrected chi connectivity index (χ3v) is 4.00. The van der Waals surface area contributed by atoms with Gasteiger partial charge in [-0.05, 0) is 29.8 Å². The number of rotatable bonds is 5. The Balaban J connectivity index is 2.23. The Morgan fingerprint density at radius 1 is 1.12 bits per heavy atom. The van der Waals surface area contributed by atoms with Crippen LogP contribution < -0.4 is 11.1 Å². The number of amides is 2. The van der Waals surface area contributed by atoms with Gasteiger partial charge in [0.05, 0.1) is 5.56 Å². The number of nitrogens with two attached hydrogens (primary N) is 1. The van der Waals surface area contributed by atoms with Crippen LogP contribution in [-0.4, -0.2) is 17.9 Å². The summed E-state index contributed by atoms with van der Waals surface area (Å²) >= 11 is 12.0. The minimum atomic E-state index is -1.17. The fraction of sp³-hybridized carbons (Fsp3) is 0.125. The standard InChI is InChI=1S/C16H12Cl2F2N2O2/c17-11-2-1-3-12(18)10(11)7-14(15(21)23)22-16(24)9-5-4-8(19)6-13(9)20/h1-6,14H,7H2,(H2,21,23)(H,22,24)/t14-/m1/s1. The summed E-state index contributed by atoms with van der Waals surface area (Å²) in [4.78, 5) is 23.7. The first-order valence-corrected chi connectivity index (χ1v) is 7.53. The maximum absolute atomic E-state index is 13.6. The Morgan fingerprint density at radius 2 is 1.75 bits per heavy atom. The highest BCUT2D eigenvalue weighted by molar-refractivity contribution is 6.36. The molecule has 1 atom stereocenters. The monoisotopic (exact) mass is 372 g/mol. The molecule has 0 aliphatic carbocycles. The smallest absolute Gasteiger partial charge is 0.254 e. The lowest BCUT2D eigenvalue weighted by atomic mass is 10.0. The molecule has 8 heteroatoms. The average Bonchev–Trinajstić information content (AvgIpc) is 2.49. The normalized spacial score (nSPS) is 11.8. The number of carbonyl (C=O) groups is 2. The summed E-state index contributed by atoms with van der Waals surface area (Å²) < 4.78 is 26.6. The molecule has 0 unspecified atom stereocenters. The van der Waals surface area contributed by atoms with Crippen LogP contribution >= 0.6 is 23.2 Å². The van der Waals surface area contributed by atoms with Gasteiger partial charge in [0.15, 0.2) is 0 Å². The number of hydrogen-bond acceptors (Lipinski definition) is 2. The lowest BCUT2D eigenvalue weighted by molar-refractivity contribution is -0.119. The largest absolute Gasteiger partial charge is 0.368 e. The Morgan fingerprint density at radius 3 is 2.29 bits per heavy atom. The number of benzene rings is 2. The van der Waals surface area contributed by atoms with E-state index in [-0.39, 0.29) is 6.42 Å². The maximum Gasteiger partial charge on any atom is 0.254 e. The second-order valence-electron chi connectivity index (χ2n) is 4.96. The van der Waals surface area contributed by atoms with Crippen molar-refractivity contribution in [3.63, 3.8) is 0 Å². The van der Waals surface area contributed by atoms with Crippen molar-refractivity contribution in [3.05, 3.63) is 69.2 Å². The zero-order valence-corrected chi connectivity index (χ0v) is 13.7.